The zero-order valence-electron chi connectivity index (χ0n) is 15.7. The Morgan fingerprint density at radius 2 is 2.04 bits per heavy atom. The number of thioether (sulfide) groups is 1. The first kappa shape index (κ1) is 19.4. The van der Waals surface area contributed by atoms with Gasteiger partial charge in [0.1, 0.15) is 5.82 Å². The van der Waals surface area contributed by atoms with Gasteiger partial charge in [-0.25, -0.2) is 9.78 Å². The fourth-order valence-electron chi connectivity index (χ4n) is 3.32. The lowest BCUT2D eigenvalue weighted by molar-refractivity contribution is -0.117. The fraction of sp³-hybridized carbons (Fsp3) is 0.474. The second-order valence-electron chi connectivity index (χ2n) is 7.03. The molecule has 1 aromatic carbocycles. The molecule has 0 aliphatic heterocycles. The maximum absolute atomic E-state index is 12.0. The van der Waals surface area contributed by atoms with Crippen LogP contribution in [0.4, 0.5) is 10.5 Å². The van der Waals surface area contributed by atoms with E-state index in [0.29, 0.717) is 16.8 Å². The first-order valence-corrected chi connectivity index (χ1v) is 10.2. The van der Waals surface area contributed by atoms with Gasteiger partial charge in [0.15, 0.2) is 0 Å². The van der Waals surface area contributed by atoms with Crippen LogP contribution in [0.1, 0.15) is 42.6 Å². The molecule has 1 fully saturated rings. The zero-order valence-corrected chi connectivity index (χ0v) is 16.5. The van der Waals surface area contributed by atoms with Gasteiger partial charge in [-0.2, -0.15) is 0 Å². The molecule has 27 heavy (non-hydrogen) atoms. The van der Waals surface area contributed by atoms with E-state index in [9.17, 15) is 9.59 Å². The highest BCUT2D eigenvalue weighted by atomic mass is 32.2. The van der Waals surface area contributed by atoms with E-state index in [0.717, 1.165) is 23.4 Å². The maximum Gasteiger partial charge on any atom is 0.325 e. The molecular formula is C19H25N5O2S. The van der Waals surface area contributed by atoms with Gasteiger partial charge >= 0.3 is 6.03 Å². The molecule has 0 saturated heterocycles. The summed E-state index contributed by atoms with van der Waals surface area (Å²) in [7, 11) is 0. The predicted molar refractivity (Wildman–Crippen MR) is 106 cm³/mol. The topological polar surface area (TPSA) is 99.8 Å². The first-order chi connectivity index (χ1) is 13.0. The average Bonchev–Trinajstić information content (AvgIpc) is 3.28. The van der Waals surface area contributed by atoms with Crippen LogP contribution in [-0.4, -0.2) is 32.9 Å². The summed E-state index contributed by atoms with van der Waals surface area (Å²) >= 11 is 1.22. The average molecular weight is 388 g/mol. The van der Waals surface area contributed by atoms with Crippen LogP contribution in [0.5, 0.6) is 0 Å². The molecule has 3 N–H and O–H groups in total. The Kier molecular flexibility index (Phi) is 6.49. The molecule has 8 heteroatoms. The van der Waals surface area contributed by atoms with Crippen LogP contribution in [0.25, 0.3) is 0 Å². The Hall–Kier alpha value is -2.35. The third-order valence-corrected chi connectivity index (χ3v) is 5.53. The Morgan fingerprint density at radius 1 is 1.26 bits per heavy atom. The highest BCUT2D eigenvalue weighted by molar-refractivity contribution is 7.99. The molecule has 0 bridgehead atoms. The molecule has 144 valence electrons. The van der Waals surface area contributed by atoms with Crippen LogP contribution < -0.4 is 10.6 Å². The molecule has 0 atom stereocenters. The van der Waals surface area contributed by atoms with Crippen molar-refractivity contribution in [3.05, 3.63) is 35.2 Å². The summed E-state index contributed by atoms with van der Waals surface area (Å²) in [5.74, 6) is 1.26. The van der Waals surface area contributed by atoms with Gasteiger partial charge in [0.25, 0.3) is 0 Å². The van der Waals surface area contributed by atoms with Gasteiger partial charge in [-0.1, -0.05) is 55.1 Å². The van der Waals surface area contributed by atoms with E-state index in [4.69, 9.17) is 0 Å². The third-order valence-electron chi connectivity index (χ3n) is 4.68. The van der Waals surface area contributed by atoms with Gasteiger partial charge in [-0.3, -0.25) is 15.2 Å². The smallest absolute Gasteiger partial charge is 0.307 e. The fourth-order valence-corrected chi connectivity index (χ4v) is 3.94. The number of amides is 3. The van der Waals surface area contributed by atoms with Crippen LogP contribution in [0.15, 0.2) is 23.4 Å². The lowest BCUT2D eigenvalue weighted by atomic mass is 10.0. The van der Waals surface area contributed by atoms with Crippen molar-refractivity contribution in [2.75, 3.05) is 11.1 Å². The number of hydrogen-bond donors (Lipinski definition) is 3. The molecule has 0 unspecified atom stereocenters. The van der Waals surface area contributed by atoms with Crippen molar-refractivity contribution < 1.29 is 9.59 Å². The van der Waals surface area contributed by atoms with Gasteiger partial charge in [0.2, 0.25) is 11.1 Å². The number of urea groups is 1. The molecule has 1 aliphatic rings. The summed E-state index contributed by atoms with van der Waals surface area (Å²) in [4.78, 5) is 28.4. The van der Waals surface area contributed by atoms with E-state index < -0.39 is 6.03 Å². The number of carbonyl (C=O) groups is 2. The van der Waals surface area contributed by atoms with Crippen molar-refractivity contribution in [2.24, 2.45) is 5.92 Å². The standard InChI is InChI=1S/C19H25N5O2S/c1-12-7-8-15(13(2)9-12)20-18(26)22-17(25)11-27-19-21-16(23-24-19)10-14-5-3-4-6-14/h7-9,14H,3-6,10-11H2,1-2H3,(H,21,23,24)(H2,20,22,25,26). The van der Waals surface area contributed by atoms with E-state index in [1.54, 1.807) is 0 Å². The lowest BCUT2D eigenvalue weighted by Gasteiger charge is -2.09. The number of anilines is 1. The number of carbonyl (C=O) groups excluding carboxylic acids is 2. The molecule has 7 nitrogen and oxygen atoms in total. The van der Waals surface area contributed by atoms with E-state index in [-0.39, 0.29) is 11.7 Å². The summed E-state index contributed by atoms with van der Waals surface area (Å²) in [5, 5.41) is 12.6. The molecule has 1 aromatic heterocycles. The largest absolute Gasteiger partial charge is 0.325 e. The van der Waals surface area contributed by atoms with Gasteiger partial charge in [-0.05, 0) is 31.4 Å². The number of H-pyrrole nitrogens is 1. The highest BCUT2D eigenvalue weighted by Crippen LogP contribution is 2.27. The molecule has 0 radical (unpaired) electrons. The summed E-state index contributed by atoms with van der Waals surface area (Å²) in [6.45, 7) is 3.90. The number of nitrogens with one attached hydrogen (secondary N) is 3. The zero-order chi connectivity index (χ0) is 19.2. The highest BCUT2D eigenvalue weighted by Gasteiger charge is 2.18. The minimum absolute atomic E-state index is 0.0843. The minimum Gasteiger partial charge on any atom is -0.307 e. The molecule has 0 spiro atoms. The quantitative estimate of drug-likeness (QED) is 0.658. The molecule has 1 heterocycles. The summed E-state index contributed by atoms with van der Waals surface area (Å²) in [6.07, 6.45) is 6.01. The summed E-state index contributed by atoms with van der Waals surface area (Å²) in [5.41, 5.74) is 2.75. The van der Waals surface area contributed by atoms with Gasteiger partial charge in [-0.15, -0.1) is 5.10 Å². The SMILES string of the molecule is Cc1ccc(NC(=O)NC(=O)CSc2n[nH]c(CC3CCCC3)n2)c(C)c1. The second kappa shape index (κ2) is 9.03. The number of aromatic amines is 1. The number of benzene rings is 1. The lowest BCUT2D eigenvalue weighted by Crippen LogP contribution is -2.35. The van der Waals surface area contributed by atoms with Crippen LogP contribution in [-0.2, 0) is 11.2 Å². The van der Waals surface area contributed by atoms with Crippen molar-refractivity contribution >= 4 is 29.4 Å². The molecule has 2 aromatic rings. The van der Waals surface area contributed by atoms with Gasteiger partial charge in [0, 0.05) is 12.1 Å². The number of aromatic nitrogens is 3. The maximum atomic E-state index is 12.0. The van der Waals surface area contributed by atoms with Gasteiger partial charge in [0.05, 0.1) is 5.75 Å². The van der Waals surface area contributed by atoms with Crippen molar-refractivity contribution in [2.45, 2.75) is 51.1 Å². The molecule has 1 saturated carbocycles. The van der Waals surface area contributed by atoms with Crippen LogP contribution in [0.2, 0.25) is 0 Å². The predicted octanol–water partition coefficient (Wildman–Crippen LogP) is 3.59. The Labute approximate surface area is 163 Å². The number of nitrogens with zero attached hydrogens (tertiary/aromatic N) is 2. The molecule has 1 aliphatic carbocycles. The van der Waals surface area contributed by atoms with E-state index in [1.165, 1.54) is 37.4 Å². The summed E-state index contributed by atoms with van der Waals surface area (Å²) < 4.78 is 0. The molecule has 3 amide bonds. The van der Waals surface area contributed by atoms with E-state index in [2.05, 4.69) is 25.8 Å². The van der Waals surface area contributed by atoms with Crippen LogP contribution in [0, 0.1) is 19.8 Å². The van der Waals surface area contributed by atoms with Crippen molar-refractivity contribution in [1.29, 1.82) is 0 Å². The van der Waals surface area contributed by atoms with Crippen LogP contribution in [0.3, 0.4) is 0 Å². The van der Waals surface area contributed by atoms with Crippen molar-refractivity contribution in [3.63, 3.8) is 0 Å². The Bertz CT molecular complexity index is 814. The monoisotopic (exact) mass is 387 g/mol. The minimum atomic E-state index is -0.538. The first-order valence-electron chi connectivity index (χ1n) is 9.22. The Morgan fingerprint density at radius 3 is 2.78 bits per heavy atom. The number of hydrogen-bond acceptors (Lipinski definition) is 5. The second-order valence-corrected chi connectivity index (χ2v) is 7.97. The van der Waals surface area contributed by atoms with E-state index in [1.807, 2.05) is 32.0 Å². The normalized spacial score (nSPS) is 14.3. The molecular weight excluding hydrogens is 362 g/mol. The third kappa shape index (κ3) is 5.82. The molecule has 3 rings (SSSR count). The van der Waals surface area contributed by atoms with Crippen LogP contribution >= 0.6 is 11.8 Å². The summed E-state index contributed by atoms with van der Waals surface area (Å²) in [6, 6.07) is 5.17. The number of imide groups is 1. The van der Waals surface area contributed by atoms with Crippen molar-refractivity contribution in [3.8, 4) is 0 Å². The van der Waals surface area contributed by atoms with Crippen molar-refractivity contribution in [1.82, 2.24) is 20.5 Å². The Balaban J connectivity index is 1.42. The van der Waals surface area contributed by atoms with Gasteiger partial charge < -0.3 is 5.32 Å². The number of rotatable bonds is 6. The number of aryl methyl sites for hydroxylation is 2. The van der Waals surface area contributed by atoms with E-state index >= 15 is 0 Å².